The number of nitrogens with zero attached hydrogens (tertiary/aromatic N) is 5. The fourth-order valence-electron chi connectivity index (χ4n) is 3.21. The van der Waals surface area contributed by atoms with Crippen LogP contribution in [0, 0.1) is 0 Å². The molecule has 1 aromatic carbocycles. The summed E-state index contributed by atoms with van der Waals surface area (Å²) in [7, 11) is 1.66. The molecule has 6 nitrogen and oxygen atoms in total. The van der Waals surface area contributed by atoms with Crippen molar-refractivity contribution >= 4 is 23.2 Å². The van der Waals surface area contributed by atoms with Gasteiger partial charge in [0.25, 0.3) is 5.78 Å². The van der Waals surface area contributed by atoms with Gasteiger partial charge in [-0.05, 0) is 37.0 Å². The number of halogens is 1. The van der Waals surface area contributed by atoms with Gasteiger partial charge in [0.2, 0.25) is 0 Å². The summed E-state index contributed by atoms with van der Waals surface area (Å²) in [6, 6.07) is 7.85. The summed E-state index contributed by atoms with van der Waals surface area (Å²) >= 11 is 6.54. The number of anilines is 1. The third-order valence-corrected chi connectivity index (χ3v) is 4.67. The van der Waals surface area contributed by atoms with E-state index in [0.717, 1.165) is 48.6 Å². The molecule has 0 spiro atoms. The predicted molar refractivity (Wildman–Crippen MR) is 93.8 cm³/mol. The summed E-state index contributed by atoms with van der Waals surface area (Å²) in [5, 5.41) is 4.82. The molecule has 4 rings (SSSR count). The normalized spacial score (nSPS) is 15.0. The predicted octanol–water partition coefficient (Wildman–Crippen LogP) is 3.44. The third-order valence-electron chi connectivity index (χ3n) is 4.39. The number of hydrogen-bond donors (Lipinski definition) is 0. The maximum absolute atomic E-state index is 6.54. The highest BCUT2D eigenvalue weighted by atomic mass is 35.5. The number of rotatable bonds is 3. The van der Waals surface area contributed by atoms with Gasteiger partial charge < -0.3 is 9.64 Å². The lowest BCUT2D eigenvalue weighted by Crippen LogP contribution is -2.32. The minimum absolute atomic E-state index is 0.446. The van der Waals surface area contributed by atoms with E-state index in [0.29, 0.717) is 10.9 Å². The third kappa shape index (κ3) is 2.57. The summed E-state index contributed by atoms with van der Waals surface area (Å²) < 4.78 is 7.04. The molecule has 0 radical (unpaired) electrons. The zero-order valence-electron chi connectivity index (χ0n) is 13.4. The van der Waals surface area contributed by atoms with Gasteiger partial charge in [0.1, 0.15) is 23.0 Å². The number of hydrogen-bond acceptors (Lipinski definition) is 5. The second-order valence-corrected chi connectivity index (χ2v) is 6.21. The molecule has 2 aromatic heterocycles. The van der Waals surface area contributed by atoms with E-state index in [1.54, 1.807) is 11.6 Å². The monoisotopic (exact) mass is 343 g/mol. The van der Waals surface area contributed by atoms with E-state index in [9.17, 15) is 0 Å². The first-order valence-electron chi connectivity index (χ1n) is 8.06. The number of piperidine rings is 1. The molecule has 3 heterocycles. The zero-order chi connectivity index (χ0) is 16.5. The van der Waals surface area contributed by atoms with Gasteiger partial charge in [-0.25, -0.2) is 0 Å². The molecule has 0 N–H and O–H groups in total. The molecule has 0 atom stereocenters. The zero-order valence-corrected chi connectivity index (χ0v) is 14.2. The fourth-order valence-corrected chi connectivity index (χ4v) is 3.48. The van der Waals surface area contributed by atoms with Crippen molar-refractivity contribution in [2.24, 2.45) is 0 Å². The van der Waals surface area contributed by atoms with Crippen LogP contribution in [-0.2, 0) is 0 Å². The molecule has 0 bridgehead atoms. The average Bonchev–Trinajstić information content (AvgIpc) is 3.09. The first-order chi connectivity index (χ1) is 11.8. The molecule has 0 amide bonds. The van der Waals surface area contributed by atoms with Gasteiger partial charge in [-0.3, -0.25) is 0 Å². The molecular weight excluding hydrogens is 326 g/mol. The van der Waals surface area contributed by atoms with Crippen molar-refractivity contribution in [3.05, 3.63) is 35.7 Å². The molecule has 0 aliphatic carbocycles. The smallest absolute Gasteiger partial charge is 0.255 e. The van der Waals surface area contributed by atoms with Gasteiger partial charge in [-0.1, -0.05) is 23.7 Å². The minimum atomic E-state index is 0.446. The Morgan fingerprint density at radius 1 is 1.08 bits per heavy atom. The van der Waals surface area contributed by atoms with Crippen LogP contribution in [0.15, 0.2) is 30.6 Å². The van der Waals surface area contributed by atoms with Crippen molar-refractivity contribution in [1.29, 1.82) is 0 Å². The Morgan fingerprint density at radius 2 is 1.83 bits per heavy atom. The number of fused-ring (bicyclic) bond motifs is 1. The molecule has 3 aromatic rings. The lowest BCUT2D eigenvalue weighted by atomic mass is 10.1. The second kappa shape index (κ2) is 6.28. The maximum Gasteiger partial charge on any atom is 0.255 e. The number of aromatic nitrogens is 4. The summed E-state index contributed by atoms with van der Waals surface area (Å²) in [6.45, 7) is 1.97. The van der Waals surface area contributed by atoms with Crippen molar-refractivity contribution in [2.75, 3.05) is 25.1 Å². The van der Waals surface area contributed by atoms with Gasteiger partial charge in [0, 0.05) is 13.1 Å². The van der Waals surface area contributed by atoms with E-state index in [-0.39, 0.29) is 0 Å². The second-order valence-electron chi connectivity index (χ2n) is 5.85. The van der Waals surface area contributed by atoms with Crippen molar-refractivity contribution in [3.8, 4) is 16.9 Å². The van der Waals surface area contributed by atoms with E-state index in [4.69, 9.17) is 16.3 Å². The van der Waals surface area contributed by atoms with Crippen LogP contribution in [0.3, 0.4) is 0 Å². The quantitative estimate of drug-likeness (QED) is 0.682. The van der Waals surface area contributed by atoms with Crippen LogP contribution >= 0.6 is 11.6 Å². The number of methoxy groups -OCH3 is 1. The van der Waals surface area contributed by atoms with Gasteiger partial charge in [0.15, 0.2) is 0 Å². The highest BCUT2D eigenvalue weighted by Gasteiger charge is 2.23. The Morgan fingerprint density at radius 3 is 2.54 bits per heavy atom. The minimum Gasteiger partial charge on any atom is -0.497 e. The van der Waals surface area contributed by atoms with Gasteiger partial charge in [-0.2, -0.15) is 19.6 Å². The Kier molecular flexibility index (Phi) is 3.98. The van der Waals surface area contributed by atoms with Gasteiger partial charge >= 0.3 is 0 Å². The van der Waals surface area contributed by atoms with E-state index in [1.165, 1.54) is 12.7 Å². The molecule has 1 fully saturated rings. The SMILES string of the molecule is COc1ccc(-c2c(Cl)nc3ncnn3c2N2CCCCC2)cc1. The Labute approximate surface area is 145 Å². The van der Waals surface area contributed by atoms with Crippen molar-refractivity contribution in [1.82, 2.24) is 19.6 Å². The molecule has 0 unspecified atom stereocenters. The highest BCUT2D eigenvalue weighted by Crippen LogP contribution is 2.37. The van der Waals surface area contributed by atoms with Crippen LogP contribution < -0.4 is 9.64 Å². The summed E-state index contributed by atoms with van der Waals surface area (Å²) in [5.41, 5.74) is 1.88. The first-order valence-corrected chi connectivity index (χ1v) is 8.44. The van der Waals surface area contributed by atoms with Crippen LogP contribution in [0.4, 0.5) is 5.82 Å². The van der Waals surface area contributed by atoms with E-state index >= 15 is 0 Å². The molecule has 24 heavy (non-hydrogen) atoms. The van der Waals surface area contributed by atoms with E-state index in [1.807, 2.05) is 24.3 Å². The molecule has 1 aliphatic heterocycles. The largest absolute Gasteiger partial charge is 0.497 e. The summed E-state index contributed by atoms with van der Waals surface area (Å²) in [6.07, 6.45) is 5.11. The molecule has 1 aliphatic rings. The standard InChI is InChI=1S/C17H18ClN5O/c1-24-13-7-5-12(6-8-13)14-15(18)21-17-19-11-20-23(17)16(14)22-9-3-2-4-10-22/h5-8,11H,2-4,9-10H2,1H3. The van der Waals surface area contributed by atoms with Crippen LogP contribution in [-0.4, -0.2) is 39.8 Å². The molecule has 7 heteroatoms. The maximum atomic E-state index is 6.54. The van der Waals surface area contributed by atoms with E-state index in [2.05, 4.69) is 20.0 Å². The number of benzene rings is 1. The van der Waals surface area contributed by atoms with Crippen LogP contribution in [0.2, 0.25) is 5.15 Å². The van der Waals surface area contributed by atoms with Crippen LogP contribution in [0.1, 0.15) is 19.3 Å². The Bertz CT molecular complexity index is 855. The van der Waals surface area contributed by atoms with Crippen molar-refractivity contribution < 1.29 is 4.74 Å². The highest BCUT2D eigenvalue weighted by molar-refractivity contribution is 6.33. The van der Waals surface area contributed by atoms with E-state index < -0.39 is 0 Å². The number of ether oxygens (including phenoxy) is 1. The fraction of sp³-hybridized carbons (Fsp3) is 0.353. The molecular formula is C17H18ClN5O. The Hall–Kier alpha value is -2.34. The van der Waals surface area contributed by atoms with Crippen LogP contribution in [0.5, 0.6) is 5.75 Å². The molecule has 124 valence electrons. The molecule has 1 saturated heterocycles. The Balaban J connectivity index is 1.93. The lowest BCUT2D eigenvalue weighted by molar-refractivity contribution is 0.415. The van der Waals surface area contributed by atoms with Gasteiger partial charge in [-0.15, -0.1) is 0 Å². The van der Waals surface area contributed by atoms with Crippen LogP contribution in [0.25, 0.3) is 16.9 Å². The lowest BCUT2D eigenvalue weighted by Gasteiger charge is -2.30. The first kappa shape index (κ1) is 15.2. The molecule has 0 saturated carbocycles. The topological polar surface area (TPSA) is 55.6 Å². The van der Waals surface area contributed by atoms with Gasteiger partial charge in [0.05, 0.1) is 12.7 Å². The summed E-state index contributed by atoms with van der Waals surface area (Å²) in [4.78, 5) is 10.9. The summed E-state index contributed by atoms with van der Waals surface area (Å²) in [5.74, 6) is 2.30. The average molecular weight is 344 g/mol. The van der Waals surface area contributed by atoms with Crippen molar-refractivity contribution in [2.45, 2.75) is 19.3 Å². The van der Waals surface area contributed by atoms with Crippen molar-refractivity contribution in [3.63, 3.8) is 0 Å².